The first-order chi connectivity index (χ1) is 39.9. The first-order valence-corrected chi connectivity index (χ1v) is 35.4. The predicted molar refractivity (Wildman–Crippen MR) is 306 cm³/mol. The summed E-state index contributed by atoms with van der Waals surface area (Å²) in [5.41, 5.74) is 0. The lowest BCUT2D eigenvalue weighted by molar-refractivity contribution is -0.431. The van der Waals surface area contributed by atoms with Crippen molar-refractivity contribution in [3.63, 3.8) is 0 Å². The van der Waals surface area contributed by atoms with E-state index in [0.29, 0.717) is 0 Å². The Morgan fingerprint density at radius 2 is 0.524 bits per heavy atom. The zero-order valence-corrected chi connectivity index (χ0v) is 56.9. The van der Waals surface area contributed by atoms with E-state index in [-0.39, 0.29) is 42.6 Å². The molecule has 0 spiro atoms. The fourth-order valence-electron chi connectivity index (χ4n) is 10.1. The van der Waals surface area contributed by atoms with E-state index >= 15 is 0 Å². The average molecular weight is 1740 g/mol. The maximum atomic E-state index is 11.6. The molecule has 14 N–H and O–H groups in total. The van der Waals surface area contributed by atoms with E-state index in [1.807, 2.05) is 0 Å². The van der Waals surface area contributed by atoms with E-state index in [1.54, 1.807) is 0 Å². The Labute approximate surface area is 548 Å². The highest BCUT2D eigenvalue weighted by molar-refractivity contribution is 9.10. The molecule has 0 aliphatic carbocycles. The summed E-state index contributed by atoms with van der Waals surface area (Å²) in [4.78, 5) is 11.3. The topological polar surface area (TPSA) is 431 Å². The molecule has 0 aromatic heterocycles. The molecular formula is C46H72Br8O30. The molecule has 84 heavy (non-hydrogen) atoms. The molecule has 492 valence electrons. The number of aliphatic hydroxyl groups excluding tert-OH is 14. The van der Waals surface area contributed by atoms with Crippen molar-refractivity contribution < 1.29 is 148 Å². The number of alkyl halides is 8. The van der Waals surface area contributed by atoms with E-state index in [0.717, 1.165) is 0 Å². The minimum absolute atomic E-state index is 0.00610. The van der Waals surface area contributed by atoms with E-state index in [9.17, 15) is 71.5 Å². The monoisotopic (exact) mass is 1740 g/mol. The van der Waals surface area contributed by atoms with Crippen LogP contribution in [0, 0.1) is 0 Å². The molecule has 15 heterocycles. The van der Waals surface area contributed by atoms with Gasteiger partial charge in [0.15, 0.2) is 44.0 Å². The summed E-state index contributed by atoms with van der Waals surface area (Å²) in [5, 5.41) is 159. The van der Waals surface area contributed by atoms with Crippen LogP contribution in [0.4, 0.5) is 0 Å². The van der Waals surface area contributed by atoms with Crippen LogP contribution in [0.2, 0.25) is 0 Å². The predicted octanol–water partition coefficient (Wildman–Crippen LogP) is -3.72. The lowest BCUT2D eigenvalue weighted by Crippen LogP contribution is -2.68. The van der Waals surface area contributed by atoms with Crippen LogP contribution < -0.4 is 0 Å². The molecule has 30 nitrogen and oxygen atoms in total. The number of aliphatic hydroxyl groups is 14. The second-order valence-electron chi connectivity index (χ2n) is 20.7. The van der Waals surface area contributed by atoms with Gasteiger partial charge >= 0.3 is 0 Å². The summed E-state index contributed by atoms with van der Waals surface area (Å²) >= 11 is 26.4. The third-order valence-electron chi connectivity index (χ3n) is 15.0. The van der Waals surface area contributed by atoms with Gasteiger partial charge < -0.3 is 138 Å². The molecule has 36 atom stereocenters. The Morgan fingerprint density at radius 3 is 0.750 bits per heavy atom. The fourth-order valence-corrected chi connectivity index (χ4v) is 14.1. The largest absolute Gasteiger partial charge is 0.391 e. The van der Waals surface area contributed by atoms with Crippen LogP contribution >= 0.6 is 127 Å². The molecule has 15 rings (SSSR count). The lowest BCUT2D eigenvalue weighted by atomic mass is 9.95. The van der Waals surface area contributed by atoms with Gasteiger partial charge in [-0.3, -0.25) is 0 Å². The minimum Gasteiger partial charge on any atom is -0.391 e. The zero-order chi connectivity index (χ0) is 61.8. The molecule has 12 bridgehead atoms. The maximum absolute atomic E-state index is 11.6. The fraction of sp³-hybridized carbons (Fsp3) is 1.00. The van der Waals surface area contributed by atoms with Gasteiger partial charge in [0.1, 0.15) is 122 Å². The highest BCUT2D eigenvalue weighted by Crippen LogP contribution is 2.39. The molecule has 15 saturated heterocycles. The molecule has 0 saturated carbocycles. The Bertz CT molecular complexity index is 1960. The summed E-state index contributed by atoms with van der Waals surface area (Å²) in [6, 6.07) is 0. The van der Waals surface area contributed by atoms with Gasteiger partial charge in [0.2, 0.25) is 6.29 Å². The molecular weight excluding hydrogens is 1670 g/mol. The second-order valence-corrected chi connectivity index (χ2v) is 25.9. The van der Waals surface area contributed by atoms with Crippen LogP contribution in [0.3, 0.4) is 0 Å². The zero-order valence-electron chi connectivity index (χ0n) is 44.3. The summed E-state index contributed by atoms with van der Waals surface area (Å²) in [7, 11) is 0. The van der Waals surface area contributed by atoms with Gasteiger partial charge in [0.25, 0.3) is 0 Å². The number of halogens is 8. The van der Waals surface area contributed by atoms with Crippen LogP contribution in [-0.2, 0) is 76.1 Å². The Hall–Kier alpha value is 2.64. The smallest absolute Gasteiger partial charge is 0.203 e. The number of hydrogen-bond acceptors (Lipinski definition) is 30. The van der Waals surface area contributed by atoms with Crippen molar-refractivity contribution in [1.29, 1.82) is 0 Å². The highest BCUT2D eigenvalue weighted by atomic mass is 79.9. The van der Waals surface area contributed by atoms with Gasteiger partial charge in [-0.2, -0.15) is 0 Å². The Morgan fingerprint density at radius 1 is 0.286 bits per heavy atom. The van der Waals surface area contributed by atoms with Crippen molar-refractivity contribution >= 4 is 127 Å². The Balaban J connectivity index is 1.16. The van der Waals surface area contributed by atoms with Gasteiger partial charge in [0.05, 0.1) is 54.2 Å². The second kappa shape index (κ2) is 33.8. The molecule has 0 aromatic rings. The minimum atomic E-state index is -1.98. The van der Waals surface area contributed by atoms with Crippen LogP contribution in [0.15, 0.2) is 0 Å². The first-order valence-electron chi connectivity index (χ1n) is 26.4. The molecule has 0 aromatic carbocycles. The highest BCUT2D eigenvalue weighted by Gasteiger charge is 2.58. The van der Waals surface area contributed by atoms with Gasteiger partial charge in [-0.15, -0.1) is 0 Å². The first kappa shape index (κ1) is 74.0. The molecule has 15 aliphatic rings. The average Bonchev–Trinajstić information content (AvgIpc) is 3.43. The Kier molecular flexibility index (Phi) is 29.8. The molecule has 15 fully saturated rings. The van der Waals surface area contributed by atoms with Gasteiger partial charge in [-0.05, 0) is 13.8 Å². The molecule has 0 amide bonds. The van der Waals surface area contributed by atoms with E-state index < -0.39 is 221 Å². The van der Waals surface area contributed by atoms with Gasteiger partial charge in [-0.25, -0.2) is 9.78 Å². The van der Waals surface area contributed by atoms with Crippen molar-refractivity contribution in [1.82, 2.24) is 0 Å². The number of hydrogen-bond donors (Lipinski definition) is 14. The number of ether oxygens (including phenoxy) is 14. The molecule has 36 unspecified atom stereocenters. The third kappa shape index (κ3) is 16.8. The number of fused-ring (bicyclic) bond motifs is 2. The van der Waals surface area contributed by atoms with Crippen molar-refractivity contribution in [3.8, 4) is 0 Å². The summed E-state index contributed by atoms with van der Waals surface area (Å²) in [6.07, 6.45) is -58.3. The summed E-state index contributed by atoms with van der Waals surface area (Å²) in [6.45, 7) is 2.74. The molecule has 0 radical (unpaired) electrons. The van der Waals surface area contributed by atoms with Crippen molar-refractivity contribution in [2.75, 3.05) is 42.6 Å². The molecule has 38 heteroatoms. The van der Waals surface area contributed by atoms with Crippen LogP contribution in [0.1, 0.15) is 13.8 Å². The van der Waals surface area contributed by atoms with Crippen LogP contribution in [0.5, 0.6) is 0 Å². The quantitative estimate of drug-likeness (QED) is 0.0739. The van der Waals surface area contributed by atoms with Gasteiger partial charge in [0, 0.05) is 37.3 Å². The van der Waals surface area contributed by atoms with Gasteiger partial charge in [-0.1, -0.05) is 127 Å². The van der Waals surface area contributed by atoms with E-state index in [2.05, 4.69) is 127 Å². The van der Waals surface area contributed by atoms with Crippen molar-refractivity contribution in [2.45, 2.75) is 235 Å². The maximum Gasteiger partial charge on any atom is 0.203 e. The van der Waals surface area contributed by atoms with Crippen molar-refractivity contribution in [3.05, 3.63) is 0 Å². The third-order valence-corrected chi connectivity index (χ3v) is 20.0. The molecule has 15 aliphatic heterocycles. The standard InChI is InChI=1S/C46H72Br8O30/c1-11(55)21(56)40-76-20(10-54)84-83-13(3-47)12(2)69-41-28(63)22(57)35(14(4-48)70-41)78-43-30(65)24(59)37(16(6-50)72-43)80-45-32(67)26(61)39(18(8-52)74-45)82-46-33(68)27(62)38(19(9-53)75-46)81-44-31(66)25(60)36(17(7-51)73-44)79-42-29(64)23(58)34(77-40)15(5-49)71-42/h11-46,55-68H,3-10H2,1-2H3. The van der Waals surface area contributed by atoms with Crippen molar-refractivity contribution in [2.24, 2.45) is 0 Å². The SMILES string of the molecule is CC(O)C(O)C1OC(CBr)OOC(CBr)C(C)OC2OC(CBr)C(OC3OC(CBr)C(OC4OC(CBr)C(OC5OC(CBr)C(OC6OC(CBr)C(OC7OC(CBr)C(O1)C(O)C7O)C(O)C6O)C(O)C5O)C(O)C4O)C(O)C3O)C(O)C2O. The number of rotatable bonds is 10. The lowest BCUT2D eigenvalue weighted by Gasteiger charge is -2.50. The summed E-state index contributed by atoms with van der Waals surface area (Å²) < 4.78 is 84.5. The van der Waals surface area contributed by atoms with Crippen LogP contribution in [-0.4, -0.2) is 335 Å². The normalized spacial score (nSPS) is 51.6. The van der Waals surface area contributed by atoms with E-state index in [4.69, 9.17) is 76.1 Å². The van der Waals surface area contributed by atoms with Crippen LogP contribution in [0.25, 0.3) is 0 Å². The summed E-state index contributed by atoms with van der Waals surface area (Å²) in [5.74, 6) is 0. The van der Waals surface area contributed by atoms with E-state index in [1.165, 1.54) is 13.8 Å².